The first kappa shape index (κ1) is 23.3. The Morgan fingerprint density at radius 3 is 2.58 bits per heavy atom. The highest BCUT2D eigenvalue weighted by molar-refractivity contribution is 8.17. The van der Waals surface area contributed by atoms with Crippen molar-refractivity contribution >= 4 is 46.1 Å². The van der Waals surface area contributed by atoms with E-state index in [-0.39, 0.29) is 17.1 Å². The second kappa shape index (κ2) is 8.97. The Kier molecular flexibility index (Phi) is 5.81. The Balaban J connectivity index is 1.55. The normalized spacial score (nSPS) is 16.2. The van der Waals surface area contributed by atoms with Crippen LogP contribution in [0, 0.1) is 29.4 Å². The highest BCUT2D eigenvalue weighted by Gasteiger charge is 2.36. The number of nitrogens with zero attached hydrogens (tertiary/aromatic N) is 4. The summed E-state index contributed by atoms with van der Waals surface area (Å²) in [5.41, 5.74) is 4.83. The Morgan fingerprint density at radius 2 is 1.89 bits per heavy atom. The number of amidine groups is 2. The highest BCUT2D eigenvalue weighted by Crippen LogP contribution is 2.38. The number of ether oxygens (including phenoxy) is 1. The number of benzene rings is 2. The molecule has 10 heteroatoms. The van der Waals surface area contributed by atoms with Crippen LogP contribution in [0.2, 0.25) is 0 Å². The molecule has 9 nitrogen and oxygen atoms in total. The molecule has 36 heavy (non-hydrogen) atoms. The number of non-ortho nitro benzene ring substituents is 1. The van der Waals surface area contributed by atoms with Crippen LogP contribution in [0.15, 0.2) is 70.6 Å². The molecule has 3 heterocycles. The predicted octanol–water partition coefficient (Wildman–Crippen LogP) is 5.32. The highest BCUT2D eigenvalue weighted by atomic mass is 32.2. The van der Waals surface area contributed by atoms with E-state index < -0.39 is 10.8 Å². The zero-order chi connectivity index (χ0) is 25.6. The number of carbonyl (C=O) groups is 1. The van der Waals surface area contributed by atoms with Gasteiger partial charge in [-0.2, -0.15) is 4.99 Å². The summed E-state index contributed by atoms with van der Waals surface area (Å²) in [6.07, 6.45) is 1.67. The Bertz CT molecular complexity index is 1540. The van der Waals surface area contributed by atoms with Gasteiger partial charge in [-0.1, -0.05) is 42.1 Å². The number of methoxy groups -OCH3 is 1. The van der Waals surface area contributed by atoms with Gasteiger partial charge in [-0.15, -0.1) is 0 Å². The van der Waals surface area contributed by atoms with Crippen molar-refractivity contribution in [2.75, 3.05) is 7.11 Å². The lowest BCUT2D eigenvalue weighted by atomic mass is 10.1. The number of nitro groups is 1. The van der Waals surface area contributed by atoms with Crippen LogP contribution in [0.5, 0.6) is 5.75 Å². The maximum absolute atomic E-state index is 12.9. The number of aliphatic imine (C=N–C) groups is 1. The molecule has 0 aliphatic carbocycles. The molecule has 2 aliphatic heterocycles. The lowest BCUT2D eigenvalue weighted by molar-refractivity contribution is -0.384. The fourth-order valence-electron chi connectivity index (χ4n) is 4.34. The van der Waals surface area contributed by atoms with Crippen molar-refractivity contribution in [1.82, 2.24) is 9.47 Å². The lowest BCUT2D eigenvalue weighted by Crippen LogP contribution is -2.38. The third kappa shape index (κ3) is 3.81. The summed E-state index contributed by atoms with van der Waals surface area (Å²) >= 11 is 1.32. The van der Waals surface area contributed by atoms with Gasteiger partial charge in [-0.3, -0.25) is 25.2 Å². The molecule has 5 rings (SSSR count). The van der Waals surface area contributed by atoms with E-state index in [1.165, 1.54) is 31.0 Å². The molecule has 1 N–H and O–H groups in total. The van der Waals surface area contributed by atoms with Gasteiger partial charge in [0.25, 0.3) is 11.6 Å². The van der Waals surface area contributed by atoms with Crippen molar-refractivity contribution in [2.24, 2.45) is 4.99 Å². The van der Waals surface area contributed by atoms with Gasteiger partial charge < -0.3 is 9.30 Å². The molecule has 0 unspecified atom stereocenters. The second-order valence-electron chi connectivity index (χ2n) is 8.20. The predicted molar refractivity (Wildman–Crippen MR) is 140 cm³/mol. The number of hydrogen-bond acceptors (Lipinski definition) is 6. The van der Waals surface area contributed by atoms with Crippen LogP contribution in [0.3, 0.4) is 0 Å². The van der Waals surface area contributed by atoms with Crippen molar-refractivity contribution in [2.45, 2.75) is 13.8 Å². The molecule has 0 radical (unpaired) electrons. The molecule has 0 saturated carbocycles. The van der Waals surface area contributed by atoms with Gasteiger partial charge in [0, 0.05) is 22.9 Å². The van der Waals surface area contributed by atoms with E-state index in [1.54, 1.807) is 17.0 Å². The lowest BCUT2D eigenvalue weighted by Gasteiger charge is -2.26. The number of rotatable bonds is 5. The molecule has 0 fully saturated rings. The smallest absolute Gasteiger partial charge is 0.283 e. The van der Waals surface area contributed by atoms with Crippen LogP contribution in [0.4, 0.5) is 5.69 Å². The summed E-state index contributed by atoms with van der Waals surface area (Å²) < 4.78 is 7.34. The minimum Gasteiger partial charge on any atom is -0.494 e. The molecule has 0 atom stereocenters. The molecular formula is C26H21N5O4S. The fraction of sp³-hybridized carbons (Fsp3) is 0.115. The number of carbonyl (C=O) groups excluding carboxylic acids is 1. The zero-order valence-electron chi connectivity index (χ0n) is 19.7. The van der Waals surface area contributed by atoms with Gasteiger partial charge in [-0.25, -0.2) is 0 Å². The molecule has 1 amide bonds. The van der Waals surface area contributed by atoms with Gasteiger partial charge in [0.1, 0.15) is 11.6 Å². The maximum atomic E-state index is 12.9. The van der Waals surface area contributed by atoms with Crippen LogP contribution in [0.1, 0.15) is 22.5 Å². The summed E-state index contributed by atoms with van der Waals surface area (Å²) in [6.45, 7) is 3.78. The van der Waals surface area contributed by atoms with Crippen molar-refractivity contribution in [3.63, 3.8) is 0 Å². The van der Waals surface area contributed by atoms with Gasteiger partial charge in [0.2, 0.25) is 0 Å². The maximum Gasteiger partial charge on any atom is 0.283 e. The Labute approximate surface area is 211 Å². The van der Waals surface area contributed by atoms with Crippen LogP contribution in [-0.4, -0.2) is 38.4 Å². The topological polar surface area (TPSA) is 114 Å². The molecule has 2 aromatic carbocycles. The third-order valence-corrected chi connectivity index (χ3v) is 6.89. The fourth-order valence-corrected chi connectivity index (χ4v) is 5.23. The molecule has 0 saturated heterocycles. The summed E-state index contributed by atoms with van der Waals surface area (Å²) in [5.74, 6) is -0.0605. The minimum absolute atomic E-state index is 0.0582. The Morgan fingerprint density at radius 1 is 1.14 bits per heavy atom. The average molecular weight is 500 g/mol. The van der Waals surface area contributed by atoms with Crippen molar-refractivity contribution in [3.05, 3.63) is 98.2 Å². The van der Waals surface area contributed by atoms with Crippen molar-refractivity contribution < 1.29 is 14.5 Å². The number of nitro benzene ring substituents is 1. The van der Waals surface area contributed by atoms with Crippen LogP contribution >= 0.6 is 11.8 Å². The van der Waals surface area contributed by atoms with Crippen molar-refractivity contribution in [1.29, 1.82) is 5.41 Å². The first-order chi connectivity index (χ1) is 17.3. The van der Waals surface area contributed by atoms with E-state index in [1.807, 2.05) is 60.2 Å². The number of nitrogens with one attached hydrogen (secondary N) is 1. The second-order valence-corrected chi connectivity index (χ2v) is 9.04. The molecule has 180 valence electrons. The SMILES string of the molecule is COc1cc([N+](=O)[O-])ccc1-n1c(C)cc(/C=C2/C(=N)N3C(c4ccccc4)=CSC3=NC2=O)c1C. The van der Waals surface area contributed by atoms with Gasteiger partial charge in [0.15, 0.2) is 5.17 Å². The van der Waals surface area contributed by atoms with Gasteiger partial charge >= 0.3 is 0 Å². The largest absolute Gasteiger partial charge is 0.494 e. The van der Waals surface area contributed by atoms with Crippen LogP contribution < -0.4 is 4.74 Å². The summed E-state index contributed by atoms with van der Waals surface area (Å²) in [6, 6.07) is 16.0. The summed E-state index contributed by atoms with van der Waals surface area (Å²) in [7, 11) is 1.46. The van der Waals surface area contributed by atoms with E-state index in [0.29, 0.717) is 16.6 Å². The van der Waals surface area contributed by atoms with E-state index in [4.69, 9.17) is 10.1 Å². The van der Waals surface area contributed by atoms with E-state index >= 15 is 0 Å². The number of thioether (sulfide) groups is 1. The van der Waals surface area contributed by atoms with Crippen molar-refractivity contribution in [3.8, 4) is 11.4 Å². The van der Waals surface area contributed by atoms with E-state index in [9.17, 15) is 14.9 Å². The van der Waals surface area contributed by atoms with E-state index in [0.717, 1.165) is 28.2 Å². The van der Waals surface area contributed by atoms with Crippen LogP contribution in [-0.2, 0) is 4.79 Å². The minimum atomic E-state index is -0.473. The number of fused-ring (bicyclic) bond motifs is 1. The first-order valence-corrected chi connectivity index (χ1v) is 11.9. The standard InChI is InChI=1S/C26H21N5O4S/c1-15-11-18(16(2)29(15)21-10-9-19(31(33)34)13-23(21)35-3)12-20-24(27)30-22(17-7-5-4-6-8-17)14-36-26(30)28-25(20)32/h4-14,27H,1-3H3/b20-12-,27-24?. The van der Waals surface area contributed by atoms with Gasteiger partial charge in [-0.05, 0) is 43.2 Å². The van der Waals surface area contributed by atoms with Crippen LogP contribution in [0.25, 0.3) is 17.5 Å². The zero-order valence-corrected chi connectivity index (χ0v) is 20.5. The summed E-state index contributed by atoms with van der Waals surface area (Å²) in [4.78, 5) is 29.6. The third-order valence-electron chi connectivity index (χ3n) is 6.07. The first-order valence-electron chi connectivity index (χ1n) is 11.0. The molecule has 1 aromatic heterocycles. The van der Waals surface area contributed by atoms with Gasteiger partial charge in [0.05, 0.1) is 35.1 Å². The molecule has 0 spiro atoms. The molecule has 3 aromatic rings. The average Bonchev–Trinajstić information content (AvgIpc) is 3.41. The number of amides is 1. The summed E-state index contributed by atoms with van der Waals surface area (Å²) in [5, 5.41) is 22.4. The number of aryl methyl sites for hydroxylation is 1. The van der Waals surface area contributed by atoms with E-state index in [2.05, 4.69) is 4.99 Å². The number of hydrogen-bond donors (Lipinski definition) is 1. The molecule has 2 aliphatic rings. The number of aromatic nitrogens is 1. The quantitative estimate of drug-likeness (QED) is 0.289. The molecule has 0 bridgehead atoms. The molecular weight excluding hydrogens is 478 g/mol. The monoisotopic (exact) mass is 499 g/mol. The Hall–Kier alpha value is -4.44.